The minimum Gasteiger partial charge on any atom is -0.392 e. The van der Waals surface area contributed by atoms with E-state index < -0.39 is 69.2 Å². The van der Waals surface area contributed by atoms with Crippen LogP contribution in [0.25, 0.3) is 0 Å². The van der Waals surface area contributed by atoms with E-state index in [1.54, 1.807) is 13.8 Å². The molecule has 0 aromatic carbocycles. The SMILES string of the molecule is C[C@@H]1[C@@]2(CC[C@](C)(O)CO2)O[C@H]2C=C3[C@@H]4CC[C@H]5Cc6nc7c(nc6C[C@@]5(C)[C@@H]4C[C@H](O)[C@]3(C)[C@@]21O)C[C@@H]1CC[C@H]2C3=C[C@@H]4O[C@@]5(CC[C@](C)(O)CO5)[C@H](C)[C@]4(O)[C@@]3(C)[C@@H](O)C[C@H]2[C@@]1(C)C7. The number of aliphatic hydroxyl groups excluding tert-OH is 2. The molecule has 0 bridgehead atoms. The molecule has 362 valence electrons. The van der Waals surface area contributed by atoms with E-state index in [4.69, 9.17) is 28.9 Å². The summed E-state index contributed by atoms with van der Waals surface area (Å²) in [4.78, 5) is 11.2. The van der Waals surface area contributed by atoms with E-state index in [2.05, 4.69) is 39.8 Å². The number of fused-ring (bicyclic) bond motifs is 16. The second kappa shape index (κ2) is 13.2. The Labute approximate surface area is 390 Å². The van der Waals surface area contributed by atoms with Crippen LogP contribution in [0.5, 0.6) is 0 Å². The van der Waals surface area contributed by atoms with Crippen molar-refractivity contribution >= 4 is 0 Å². The zero-order chi connectivity index (χ0) is 46.4. The largest absolute Gasteiger partial charge is 0.392 e. The second-order valence-electron chi connectivity index (χ2n) is 26.3. The first kappa shape index (κ1) is 44.1. The zero-order valence-electron chi connectivity index (χ0n) is 40.6. The van der Waals surface area contributed by atoms with Gasteiger partial charge in [-0.15, -0.1) is 0 Å². The van der Waals surface area contributed by atoms with Gasteiger partial charge in [-0.1, -0.05) is 64.8 Å². The second-order valence-corrected chi connectivity index (χ2v) is 26.3. The molecule has 66 heavy (non-hydrogen) atoms. The maximum atomic E-state index is 12.9. The van der Waals surface area contributed by atoms with Crippen LogP contribution in [0, 0.1) is 69.0 Å². The van der Waals surface area contributed by atoms with E-state index >= 15 is 0 Å². The van der Waals surface area contributed by atoms with Crippen LogP contribution in [-0.4, -0.2) is 112 Å². The number of rotatable bonds is 0. The maximum absolute atomic E-state index is 12.9. The van der Waals surface area contributed by atoms with Gasteiger partial charge in [0.2, 0.25) is 0 Å². The average molecular weight is 913 g/mol. The molecule has 12 heteroatoms. The molecule has 4 saturated heterocycles. The Morgan fingerprint density at radius 3 is 1.30 bits per heavy atom. The van der Waals surface area contributed by atoms with Crippen molar-refractivity contribution in [1.82, 2.24) is 9.97 Å². The average Bonchev–Trinajstić information content (AvgIpc) is 3.81. The highest BCUT2D eigenvalue weighted by Gasteiger charge is 2.78. The number of hydrogen-bond donors (Lipinski definition) is 6. The van der Waals surface area contributed by atoms with Gasteiger partial charge in [0.1, 0.15) is 23.4 Å². The minimum atomic E-state index is -1.32. The summed E-state index contributed by atoms with van der Waals surface area (Å²) in [5.41, 5.74) is 0.492. The number of hydrogen-bond acceptors (Lipinski definition) is 12. The third-order valence-corrected chi connectivity index (χ3v) is 23.4. The van der Waals surface area contributed by atoms with Crippen LogP contribution in [-0.2, 0) is 44.6 Å². The van der Waals surface area contributed by atoms with E-state index in [1.807, 2.05) is 13.8 Å². The molecule has 0 unspecified atom stereocenters. The smallest absolute Gasteiger partial charge is 0.174 e. The van der Waals surface area contributed by atoms with Crippen LogP contribution in [0.15, 0.2) is 23.3 Å². The molecule has 5 heterocycles. The van der Waals surface area contributed by atoms with Crippen molar-refractivity contribution < 1.29 is 49.6 Å². The van der Waals surface area contributed by atoms with E-state index in [0.29, 0.717) is 50.4 Å². The highest BCUT2D eigenvalue weighted by Crippen LogP contribution is 2.73. The number of aromatic nitrogens is 2. The lowest BCUT2D eigenvalue weighted by Crippen LogP contribution is -2.65. The van der Waals surface area contributed by atoms with Crippen molar-refractivity contribution in [2.45, 2.75) is 204 Å². The quantitative estimate of drug-likeness (QED) is 0.182. The van der Waals surface area contributed by atoms with Crippen molar-refractivity contribution in [2.75, 3.05) is 13.2 Å². The highest BCUT2D eigenvalue weighted by atomic mass is 16.7. The summed E-state index contributed by atoms with van der Waals surface area (Å²) in [7, 11) is 0. The van der Waals surface area contributed by atoms with E-state index in [1.165, 1.54) is 11.1 Å². The summed E-state index contributed by atoms with van der Waals surface area (Å²) in [6.07, 6.45) is 12.6. The van der Waals surface area contributed by atoms with Crippen LogP contribution in [0.2, 0.25) is 0 Å². The fourth-order valence-electron chi connectivity index (χ4n) is 19.0. The molecule has 2 spiro atoms. The Morgan fingerprint density at radius 2 is 0.939 bits per heavy atom. The summed E-state index contributed by atoms with van der Waals surface area (Å²) in [5, 5.41) is 72.1. The van der Waals surface area contributed by atoms with Crippen LogP contribution in [0.3, 0.4) is 0 Å². The number of aliphatic hydroxyl groups is 6. The van der Waals surface area contributed by atoms with Gasteiger partial charge in [0.15, 0.2) is 11.6 Å². The standard InChI is InChI=1S/C54H76N2O10/c1-27-51(15-13-45(3,59)25-63-51)65-43-21-35-31-11-9-29-17-37-39(23-47(29,5)33(31)19-41(57)49(35,7)53(27,43)61)55-38-18-30-10-12-32-34(48(30,6)24-40(38)56-37)20-42(58)50(8)36(32)22-44-54(50,62)28(2)52(66-44)16-14-46(4,60)26-64-52/h21-22,27-34,41-44,57-62H,9-20,23-26H2,1-8H3/t27-,28+,29-,30-,31+,32+,33+,34+,41-,42-,43-,44-,45-,46-,47-,48+,49+,50+,51-,52+,53+,54-/m0/s1. The van der Waals surface area contributed by atoms with Gasteiger partial charge in [0, 0.05) is 35.5 Å². The zero-order valence-corrected chi connectivity index (χ0v) is 40.6. The van der Waals surface area contributed by atoms with Crippen molar-refractivity contribution in [3.05, 3.63) is 46.1 Å². The lowest BCUT2D eigenvalue weighted by molar-refractivity contribution is -0.289. The lowest BCUT2D eigenvalue weighted by atomic mass is 9.44. The Balaban J connectivity index is 0.765. The molecule has 8 fully saturated rings. The van der Waals surface area contributed by atoms with E-state index in [9.17, 15) is 30.6 Å². The monoisotopic (exact) mass is 913 g/mol. The highest BCUT2D eigenvalue weighted by molar-refractivity contribution is 5.45. The normalized spacial score (nSPS) is 59.5. The molecule has 4 saturated carbocycles. The molecule has 6 N–H and O–H groups in total. The van der Waals surface area contributed by atoms with Gasteiger partial charge in [0.05, 0.1) is 59.4 Å². The first-order chi connectivity index (χ1) is 30.9. The fourth-order valence-corrected chi connectivity index (χ4v) is 19.0. The van der Waals surface area contributed by atoms with Gasteiger partial charge in [-0.05, 0) is 137 Å². The Morgan fingerprint density at radius 1 is 0.545 bits per heavy atom. The Kier molecular flexibility index (Phi) is 8.80. The van der Waals surface area contributed by atoms with Crippen LogP contribution in [0.1, 0.15) is 142 Å². The summed E-state index contributed by atoms with van der Waals surface area (Å²) in [5.74, 6) is -0.993. The Bertz CT molecular complexity index is 2170. The summed E-state index contributed by atoms with van der Waals surface area (Å²) >= 11 is 0. The molecule has 12 aliphatic rings. The predicted molar refractivity (Wildman–Crippen MR) is 241 cm³/mol. The van der Waals surface area contributed by atoms with Crippen molar-refractivity contribution in [3.8, 4) is 0 Å². The molecule has 0 radical (unpaired) electrons. The van der Waals surface area contributed by atoms with Crippen molar-refractivity contribution in [1.29, 1.82) is 0 Å². The Hall–Kier alpha value is -1.84. The van der Waals surface area contributed by atoms with Crippen LogP contribution in [0.4, 0.5) is 0 Å². The molecule has 12 nitrogen and oxygen atoms in total. The van der Waals surface area contributed by atoms with Gasteiger partial charge in [-0.2, -0.15) is 0 Å². The molecule has 4 aliphatic heterocycles. The van der Waals surface area contributed by atoms with Gasteiger partial charge in [0.25, 0.3) is 0 Å². The molecular formula is C54H76N2O10. The predicted octanol–water partition coefficient (Wildman–Crippen LogP) is 5.44. The summed E-state index contributed by atoms with van der Waals surface area (Å²) in [6, 6.07) is 0. The summed E-state index contributed by atoms with van der Waals surface area (Å²) < 4.78 is 26.1. The molecule has 22 atom stereocenters. The number of nitrogens with zero attached hydrogens (tertiary/aromatic N) is 2. The first-order valence-electron chi connectivity index (χ1n) is 26.1. The number of ether oxygens (including phenoxy) is 4. The van der Waals surface area contributed by atoms with E-state index in [-0.39, 0.29) is 59.6 Å². The molecular weight excluding hydrogens is 837 g/mol. The maximum Gasteiger partial charge on any atom is 0.174 e. The topological polar surface area (TPSA) is 184 Å². The molecule has 0 amide bonds. The molecule has 1 aromatic rings. The van der Waals surface area contributed by atoms with E-state index in [0.717, 1.165) is 74.1 Å². The molecule has 13 rings (SSSR count). The van der Waals surface area contributed by atoms with Gasteiger partial charge >= 0.3 is 0 Å². The minimum absolute atomic E-state index is 0.0824. The fraction of sp³-hybridized carbons (Fsp3) is 0.852. The third-order valence-electron chi connectivity index (χ3n) is 23.4. The summed E-state index contributed by atoms with van der Waals surface area (Å²) in [6.45, 7) is 17.0. The van der Waals surface area contributed by atoms with Gasteiger partial charge in [-0.3, -0.25) is 9.97 Å². The molecule has 8 aliphatic carbocycles. The van der Waals surface area contributed by atoms with Gasteiger partial charge in [-0.25, -0.2) is 0 Å². The van der Waals surface area contributed by atoms with Gasteiger partial charge < -0.3 is 49.6 Å². The first-order valence-corrected chi connectivity index (χ1v) is 26.1. The van der Waals surface area contributed by atoms with Crippen molar-refractivity contribution in [2.24, 2.45) is 69.0 Å². The lowest BCUT2D eigenvalue weighted by Gasteiger charge is -2.62. The third kappa shape index (κ3) is 5.07. The molecule has 1 aromatic heterocycles. The van der Waals surface area contributed by atoms with Crippen LogP contribution < -0.4 is 0 Å². The van der Waals surface area contributed by atoms with Crippen molar-refractivity contribution in [3.63, 3.8) is 0 Å². The van der Waals surface area contributed by atoms with Crippen LogP contribution >= 0.6 is 0 Å².